The van der Waals surface area contributed by atoms with Gasteiger partial charge in [0.15, 0.2) is 0 Å². The molecule has 0 radical (unpaired) electrons. The van der Waals surface area contributed by atoms with Crippen molar-refractivity contribution in [1.82, 2.24) is 19.7 Å². The van der Waals surface area contributed by atoms with E-state index in [9.17, 15) is 13.9 Å². The minimum Gasteiger partial charge on any atom is -0.382 e. The fourth-order valence-electron chi connectivity index (χ4n) is 2.93. The minimum atomic E-state index is -1.65. The predicted octanol–water partition coefficient (Wildman–Crippen LogP) is 4.24. The molecule has 3 aromatic rings. The number of nitrogens with zero attached hydrogens (tertiary/aromatic N) is 4. The third kappa shape index (κ3) is 5.77. The Hall–Kier alpha value is -1.97. The molecule has 0 spiro atoms. The van der Waals surface area contributed by atoms with E-state index in [2.05, 4.69) is 15.1 Å². The molecule has 2 heterocycles. The second-order valence-corrected chi connectivity index (χ2v) is 9.49. The highest BCUT2D eigenvalue weighted by atomic mass is 33.1. The Morgan fingerprint density at radius 2 is 2.10 bits per heavy atom. The number of hydrogen-bond acceptors (Lipinski definition) is 6. The molecular weight excluding hydrogens is 414 g/mol. The number of aryl methyl sites for hydroxylation is 1. The van der Waals surface area contributed by atoms with Crippen LogP contribution in [0.3, 0.4) is 0 Å². The molecule has 0 unspecified atom stereocenters. The maximum atomic E-state index is 14.5. The molecule has 1 aromatic carbocycles. The van der Waals surface area contributed by atoms with E-state index in [0.29, 0.717) is 0 Å². The topological polar surface area (TPSA) is 63.8 Å². The number of hydrogen-bond donors (Lipinski definition) is 1. The summed E-state index contributed by atoms with van der Waals surface area (Å²) in [6, 6.07) is 7.08. The first kappa shape index (κ1) is 21.7. The van der Waals surface area contributed by atoms with Crippen LogP contribution in [-0.4, -0.2) is 35.9 Å². The molecule has 0 amide bonds. The second-order valence-electron chi connectivity index (χ2n) is 6.67. The number of pyridine rings is 1. The summed E-state index contributed by atoms with van der Waals surface area (Å²) >= 11 is 0. The summed E-state index contributed by atoms with van der Waals surface area (Å²) in [5.74, 6) is -0.391. The van der Waals surface area contributed by atoms with Gasteiger partial charge in [0.1, 0.15) is 29.9 Å². The summed E-state index contributed by atoms with van der Waals surface area (Å²) in [4.78, 5) is 7.97. The van der Waals surface area contributed by atoms with Crippen LogP contribution >= 0.6 is 21.6 Å². The molecule has 2 atom stereocenters. The highest BCUT2D eigenvalue weighted by molar-refractivity contribution is 8.76. The van der Waals surface area contributed by atoms with Crippen molar-refractivity contribution in [3.63, 3.8) is 0 Å². The first-order chi connectivity index (χ1) is 14.0. The molecule has 9 heteroatoms. The summed E-state index contributed by atoms with van der Waals surface area (Å²) in [7, 11) is 3.05. The Kier molecular flexibility index (Phi) is 7.63. The molecule has 0 saturated heterocycles. The van der Waals surface area contributed by atoms with Crippen molar-refractivity contribution in [2.45, 2.75) is 37.2 Å². The third-order valence-electron chi connectivity index (χ3n) is 4.57. The van der Waals surface area contributed by atoms with Crippen LogP contribution in [0.25, 0.3) is 0 Å². The van der Waals surface area contributed by atoms with Crippen molar-refractivity contribution in [2.24, 2.45) is 0 Å². The van der Waals surface area contributed by atoms with Gasteiger partial charge in [0.2, 0.25) is 0 Å². The van der Waals surface area contributed by atoms with Gasteiger partial charge in [-0.2, -0.15) is 5.10 Å². The molecule has 0 fully saturated rings. The number of aliphatic hydroxyl groups is 1. The van der Waals surface area contributed by atoms with E-state index in [-0.39, 0.29) is 12.1 Å². The number of halogens is 2. The van der Waals surface area contributed by atoms with Gasteiger partial charge in [-0.05, 0) is 49.6 Å². The average Bonchev–Trinajstić information content (AvgIpc) is 3.23. The van der Waals surface area contributed by atoms with Gasteiger partial charge in [-0.1, -0.05) is 27.7 Å². The van der Waals surface area contributed by atoms with Gasteiger partial charge < -0.3 is 5.11 Å². The van der Waals surface area contributed by atoms with E-state index in [4.69, 9.17) is 0 Å². The van der Waals surface area contributed by atoms with Crippen molar-refractivity contribution in [3.05, 3.63) is 78.1 Å². The Balaban J connectivity index is 1.66. The molecule has 1 N–H and O–H groups in total. The van der Waals surface area contributed by atoms with Gasteiger partial charge >= 0.3 is 0 Å². The summed E-state index contributed by atoms with van der Waals surface area (Å²) in [5.41, 5.74) is -0.555. The number of benzene rings is 1. The zero-order valence-corrected chi connectivity index (χ0v) is 17.5. The van der Waals surface area contributed by atoms with Crippen LogP contribution in [0.2, 0.25) is 0 Å². The van der Waals surface area contributed by atoms with Crippen molar-refractivity contribution in [3.8, 4) is 0 Å². The maximum Gasteiger partial charge on any atom is 0.137 e. The quantitative estimate of drug-likeness (QED) is 0.379. The van der Waals surface area contributed by atoms with Gasteiger partial charge in [0, 0.05) is 29.0 Å². The Morgan fingerprint density at radius 1 is 1.24 bits per heavy atom. The van der Waals surface area contributed by atoms with Gasteiger partial charge in [-0.3, -0.25) is 4.98 Å². The van der Waals surface area contributed by atoms with Crippen molar-refractivity contribution in [2.75, 3.05) is 5.75 Å². The van der Waals surface area contributed by atoms with Crippen LogP contribution in [0.15, 0.2) is 55.4 Å². The van der Waals surface area contributed by atoms with Crippen molar-refractivity contribution < 1.29 is 13.9 Å². The van der Waals surface area contributed by atoms with E-state index >= 15 is 0 Å². The van der Waals surface area contributed by atoms with Crippen molar-refractivity contribution >= 4 is 21.6 Å². The third-order valence-corrected chi connectivity index (χ3v) is 7.61. The van der Waals surface area contributed by atoms with Gasteiger partial charge in [-0.15, -0.1) is 0 Å². The monoisotopic (exact) mass is 436 g/mol. The standard InChI is InChI=1S/C20H22F2N4OS2/c1-15(29-28-9-3-5-16-4-2-8-23-11-16)20(27,12-26-14-24-13-25-26)18-10-17(21)6-7-19(18)22/h2,4,6-8,10-11,13-15,27H,3,5,9,12H2,1H3/t15-,20-/m1/s1. The van der Waals surface area contributed by atoms with Crippen LogP contribution in [0.1, 0.15) is 24.5 Å². The van der Waals surface area contributed by atoms with Crippen LogP contribution in [0.4, 0.5) is 8.78 Å². The molecule has 2 aromatic heterocycles. The summed E-state index contributed by atoms with van der Waals surface area (Å²) in [5, 5.41) is 15.0. The SMILES string of the molecule is C[C@@H](SSCCCc1cccnc1)[C@](O)(Cn1cncn1)c1cc(F)ccc1F. The zero-order chi connectivity index (χ0) is 20.7. The molecule has 154 valence electrons. The molecule has 5 nitrogen and oxygen atoms in total. The number of rotatable bonds is 10. The maximum absolute atomic E-state index is 14.5. The predicted molar refractivity (Wildman–Crippen MR) is 112 cm³/mol. The molecule has 0 aliphatic carbocycles. The number of aromatic nitrogens is 4. The fraction of sp³-hybridized carbons (Fsp3) is 0.350. The molecule has 3 rings (SSSR count). The Bertz CT molecular complexity index is 899. The molecule has 0 aliphatic heterocycles. The second kappa shape index (κ2) is 10.2. The average molecular weight is 437 g/mol. The molecular formula is C20H22F2N4OS2. The summed E-state index contributed by atoms with van der Waals surface area (Å²) in [6.07, 6.45) is 8.25. The molecule has 29 heavy (non-hydrogen) atoms. The Labute approximate surface area is 176 Å². The lowest BCUT2D eigenvalue weighted by atomic mass is 9.90. The van der Waals surface area contributed by atoms with Gasteiger partial charge in [-0.25, -0.2) is 18.4 Å². The summed E-state index contributed by atoms with van der Waals surface area (Å²) in [6.45, 7) is 1.78. The van der Waals surface area contributed by atoms with Crippen molar-refractivity contribution in [1.29, 1.82) is 0 Å². The van der Waals surface area contributed by atoms with Crippen LogP contribution in [0.5, 0.6) is 0 Å². The molecule has 0 saturated carbocycles. The summed E-state index contributed by atoms with van der Waals surface area (Å²) < 4.78 is 29.7. The lowest BCUT2D eigenvalue weighted by Gasteiger charge is -2.34. The smallest absolute Gasteiger partial charge is 0.137 e. The van der Waals surface area contributed by atoms with E-state index in [1.54, 1.807) is 23.9 Å². The van der Waals surface area contributed by atoms with E-state index in [1.165, 1.54) is 33.7 Å². The van der Waals surface area contributed by atoms with E-state index < -0.39 is 22.5 Å². The van der Waals surface area contributed by atoms with Crippen LogP contribution < -0.4 is 0 Å². The first-order valence-corrected chi connectivity index (χ1v) is 11.5. The van der Waals surface area contributed by atoms with E-state index in [0.717, 1.165) is 36.8 Å². The molecule has 0 bridgehead atoms. The minimum absolute atomic E-state index is 0.0300. The highest BCUT2D eigenvalue weighted by Crippen LogP contribution is 2.41. The lowest BCUT2D eigenvalue weighted by Crippen LogP contribution is -2.41. The van der Waals surface area contributed by atoms with Crippen LogP contribution in [0, 0.1) is 11.6 Å². The van der Waals surface area contributed by atoms with Gasteiger partial charge in [0.05, 0.1) is 6.54 Å². The molecule has 0 aliphatic rings. The van der Waals surface area contributed by atoms with E-state index in [1.807, 2.05) is 18.3 Å². The largest absolute Gasteiger partial charge is 0.382 e. The van der Waals surface area contributed by atoms with Crippen LogP contribution in [-0.2, 0) is 18.6 Å². The fourth-order valence-corrected chi connectivity index (χ4v) is 5.59. The normalized spacial score (nSPS) is 14.5. The lowest BCUT2D eigenvalue weighted by molar-refractivity contribution is 0.0135. The first-order valence-electron chi connectivity index (χ1n) is 9.16. The Morgan fingerprint density at radius 3 is 2.83 bits per heavy atom. The highest BCUT2D eigenvalue weighted by Gasteiger charge is 2.40. The zero-order valence-electron chi connectivity index (χ0n) is 15.9. The van der Waals surface area contributed by atoms with Gasteiger partial charge in [0.25, 0.3) is 0 Å².